The SMILES string of the molecule is O=C(OCc1ccc([N+](=O)[O-])cc1)c1cccc(S(=O)(=O)N2CCN(c3ccc(F)cc3)CC2)c1. The van der Waals surface area contributed by atoms with Crippen LogP contribution in [0.3, 0.4) is 0 Å². The predicted molar refractivity (Wildman–Crippen MR) is 126 cm³/mol. The first kappa shape index (κ1) is 24.3. The van der Waals surface area contributed by atoms with Crippen LogP contribution in [-0.2, 0) is 21.4 Å². The quantitative estimate of drug-likeness (QED) is 0.277. The Hall–Kier alpha value is -3.83. The van der Waals surface area contributed by atoms with Gasteiger partial charge in [0.1, 0.15) is 12.4 Å². The highest BCUT2D eigenvalue weighted by Crippen LogP contribution is 2.22. The summed E-state index contributed by atoms with van der Waals surface area (Å²) in [7, 11) is -3.84. The van der Waals surface area contributed by atoms with Gasteiger partial charge in [0.2, 0.25) is 10.0 Å². The normalized spacial score (nSPS) is 14.5. The van der Waals surface area contributed by atoms with Crippen molar-refractivity contribution in [2.45, 2.75) is 11.5 Å². The smallest absolute Gasteiger partial charge is 0.338 e. The number of piperazine rings is 1. The molecule has 0 bridgehead atoms. The van der Waals surface area contributed by atoms with Gasteiger partial charge in [0.05, 0.1) is 15.4 Å². The summed E-state index contributed by atoms with van der Waals surface area (Å²) in [6, 6.07) is 17.3. The third-order valence-corrected chi connectivity index (χ3v) is 7.55. The highest BCUT2D eigenvalue weighted by atomic mass is 32.2. The molecule has 1 saturated heterocycles. The monoisotopic (exact) mass is 499 g/mol. The number of rotatable bonds is 7. The Morgan fingerprint density at radius 3 is 2.26 bits per heavy atom. The summed E-state index contributed by atoms with van der Waals surface area (Å²) in [6.07, 6.45) is 0. The lowest BCUT2D eigenvalue weighted by molar-refractivity contribution is -0.384. The molecule has 0 atom stereocenters. The molecular formula is C24H22FN3O6S. The van der Waals surface area contributed by atoms with E-state index in [9.17, 15) is 27.7 Å². The lowest BCUT2D eigenvalue weighted by Crippen LogP contribution is -2.48. The van der Waals surface area contributed by atoms with E-state index < -0.39 is 20.9 Å². The van der Waals surface area contributed by atoms with Crippen LogP contribution in [0.4, 0.5) is 15.8 Å². The summed E-state index contributed by atoms with van der Waals surface area (Å²) >= 11 is 0. The van der Waals surface area contributed by atoms with Gasteiger partial charge in [-0.3, -0.25) is 10.1 Å². The van der Waals surface area contributed by atoms with E-state index in [0.717, 1.165) is 5.69 Å². The van der Waals surface area contributed by atoms with Crippen molar-refractivity contribution < 1.29 is 27.3 Å². The minimum Gasteiger partial charge on any atom is -0.457 e. The van der Waals surface area contributed by atoms with Crippen LogP contribution in [0.1, 0.15) is 15.9 Å². The number of esters is 1. The van der Waals surface area contributed by atoms with E-state index in [1.807, 2.05) is 4.90 Å². The predicted octanol–water partition coefficient (Wildman–Crippen LogP) is 3.60. The van der Waals surface area contributed by atoms with Gasteiger partial charge in [-0.1, -0.05) is 6.07 Å². The second-order valence-electron chi connectivity index (χ2n) is 7.90. The molecule has 9 nitrogen and oxygen atoms in total. The zero-order valence-corrected chi connectivity index (χ0v) is 19.4. The highest BCUT2D eigenvalue weighted by molar-refractivity contribution is 7.89. The maximum absolute atomic E-state index is 13.2. The van der Waals surface area contributed by atoms with E-state index in [4.69, 9.17) is 4.74 Å². The van der Waals surface area contributed by atoms with Crippen LogP contribution in [0.2, 0.25) is 0 Å². The zero-order valence-electron chi connectivity index (χ0n) is 18.5. The molecule has 35 heavy (non-hydrogen) atoms. The van der Waals surface area contributed by atoms with Gasteiger partial charge < -0.3 is 9.64 Å². The minimum absolute atomic E-state index is 0.0162. The van der Waals surface area contributed by atoms with Crippen LogP contribution >= 0.6 is 0 Å². The fourth-order valence-electron chi connectivity index (χ4n) is 3.72. The van der Waals surface area contributed by atoms with Crippen LogP contribution in [-0.4, -0.2) is 49.8 Å². The second-order valence-corrected chi connectivity index (χ2v) is 9.83. The number of halogens is 1. The van der Waals surface area contributed by atoms with Gasteiger partial charge in [-0.2, -0.15) is 4.31 Å². The van der Waals surface area contributed by atoms with Crippen LogP contribution in [0, 0.1) is 15.9 Å². The zero-order chi connectivity index (χ0) is 25.0. The number of carbonyl (C=O) groups excluding carboxylic acids is 1. The molecule has 0 amide bonds. The van der Waals surface area contributed by atoms with E-state index in [1.165, 1.54) is 65.0 Å². The highest BCUT2D eigenvalue weighted by Gasteiger charge is 2.29. The number of nitro groups is 1. The van der Waals surface area contributed by atoms with Crippen molar-refractivity contribution in [3.05, 3.63) is 99.9 Å². The molecule has 1 fully saturated rings. The van der Waals surface area contributed by atoms with Gasteiger partial charge in [0.15, 0.2) is 0 Å². The number of non-ortho nitro benzene ring substituents is 1. The third-order valence-electron chi connectivity index (χ3n) is 5.66. The van der Waals surface area contributed by atoms with E-state index >= 15 is 0 Å². The molecule has 3 aromatic rings. The van der Waals surface area contributed by atoms with Crippen molar-refractivity contribution in [1.29, 1.82) is 0 Å². The fourth-order valence-corrected chi connectivity index (χ4v) is 5.19. The van der Waals surface area contributed by atoms with Gasteiger partial charge in [-0.05, 0) is 60.2 Å². The molecule has 0 unspecified atom stereocenters. The third kappa shape index (κ3) is 5.64. The minimum atomic E-state index is -3.84. The van der Waals surface area contributed by atoms with Gasteiger partial charge in [-0.15, -0.1) is 0 Å². The Morgan fingerprint density at radius 1 is 0.971 bits per heavy atom. The number of anilines is 1. The van der Waals surface area contributed by atoms with Crippen molar-refractivity contribution in [2.75, 3.05) is 31.1 Å². The van der Waals surface area contributed by atoms with Crippen LogP contribution in [0.25, 0.3) is 0 Å². The van der Waals surface area contributed by atoms with Crippen molar-refractivity contribution in [1.82, 2.24) is 4.31 Å². The topological polar surface area (TPSA) is 110 Å². The van der Waals surface area contributed by atoms with Crippen LogP contribution in [0.5, 0.6) is 0 Å². The standard InChI is InChI=1S/C24H22FN3O6S/c25-20-6-10-21(11-7-20)26-12-14-27(15-13-26)35(32,33)23-3-1-2-19(16-23)24(29)34-17-18-4-8-22(9-5-18)28(30)31/h1-11,16H,12-15,17H2. The molecule has 0 saturated carbocycles. The Bertz CT molecular complexity index is 1320. The molecule has 1 heterocycles. The van der Waals surface area contributed by atoms with E-state index in [-0.39, 0.29) is 41.7 Å². The maximum atomic E-state index is 13.2. The molecule has 0 aliphatic carbocycles. The summed E-state index contributed by atoms with van der Waals surface area (Å²) in [6.45, 7) is 1.27. The van der Waals surface area contributed by atoms with Gasteiger partial charge in [0.25, 0.3) is 5.69 Å². The van der Waals surface area contributed by atoms with Crippen molar-refractivity contribution >= 4 is 27.4 Å². The number of carbonyl (C=O) groups is 1. The number of hydrogen-bond donors (Lipinski definition) is 0. The Morgan fingerprint density at radius 2 is 1.63 bits per heavy atom. The van der Waals surface area contributed by atoms with Crippen LogP contribution in [0.15, 0.2) is 77.7 Å². The first-order chi connectivity index (χ1) is 16.7. The molecule has 1 aliphatic rings. The van der Waals surface area contributed by atoms with Crippen molar-refractivity contribution in [3.63, 3.8) is 0 Å². The van der Waals surface area contributed by atoms with E-state index in [0.29, 0.717) is 18.7 Å². The molecule has 0 aromatic heterocycles. The lowest BCUT2D eigenvalue weighted by Gasteiger charge is -2.35. The van der Waals surface area contributed by atoms with Crippen molar-refractivity contribution in [2.24, 2.45) is 0 Å². The molecule has 1 aliphatic heterocycles. The fraction of sp³-hybridized carbons (Fsp3) is 0.208. The number of nitro benzene ring substituents is 1. The number of sulfonamides is 1. The summed E-state index contributed by atoms with van der Waals surface area (Å²) in [4.78, 5) is 24.7. The lowest BCUT2D eigenvalue weighted by atomic mass is 10.2. The molecule has 3 aromatic carbocycles. The Labute approximate surface area is 201 Å². The molecule has 182 valence electrons. The van der Waals surface area contributed by atoms with Gasteiger partial charge in [0, 0.05) is 44.0 Å². The number of hydrogen-bond acceptors (Lipinski definition) is 7. The molecular weight excluding hydrogens is 477 g/mol. The van der Waals surface area contributed by atoms with E-state index in [1.54, 1.807) is 12.1 Å². The molecule has 0 N–H and O–H groups in total. The van der Waals surface area contributed by atoms with Gasteiger partial charge >= 0.3 is 5.97 Å². The largest absolute Gasteiger partial charge is 0.457 e. The van der Waals surface area contributed by atoms with Crippen molar-refractivity contribution in [3.8, 4) is 0 Å². The van der Waals surface area contributed by atoms with E-state index in [2.05, 4.69) is 0 Å². The Balaban J connectivity index is 1.39. The van der Waals surface area contributed by atoms with Gasteiger partial charge in [-0.25, -0.2) is 17.6 Å². The number of nitrogens with zero attached hydrogens (tertiary/aromatic N) is 3. The van der Waals surface area contributed by atoms with Crippen LogP contribution < -0.4 is 4.90 Å². The first-order valence-corrected chi connectivity index (χ1v) is 12.2. The summed E-state index contributed by atoms with van der Waals surface area (Å²) in [5.41, 5.74) is 1.39. The first-order valence-electron chi connectivity index (χ1n) is 10.8. The molecule has 11 heteroatoms. The number of benzene rings is 3. The Kier molecular flexibility index (Phi) is 7.08. The molecule has 0 spiro atoms. The molecule has 0 radical (unpaired) electrons. The summed E-state index contributed by atoms with van der Waals surface area (Å²) in [5, 5.41) is 10.7. The number of ether oxygens (including phenoxy) is 1. The maximum Gasteiger partial charge on any atom is 0.338 e. The average Bonchev–Trinajstić information content (AvgIpc) is 2.88. The molecule has 4 rings (SSSR count). The average molecular weight is 500 g/mol. The second kappa shape index (κ2) is 10.2. The summed E-state index contributed by atoms with van der Waals surface area (Å²) < 4.78 is 46.1. The summed E-state index contributed by atoms with van der Waals surface area (Å²) in [5.74, 6) is -1.04.